The van der Waals surface area contributed by atoms with Gasteiger partial charge in [0.15, 0.2) is 18.1 Å². The number of Topliss-reactive ketones (excluding diaryl/α,β-unsaturated/α-hetero) is 2. The van der Waals surface area contributed by atoms with Crippen molar-refractivity contribution in [2.75, 3.05) is 13.7 Å². The average Bonchev–Trinajstić information content (AvgIpc) is 3.15. The van der Waals surface area contributed by atoms with Crippen molar-refractivity contribution in [3.05, 3.63) is 63.8 Å². The van der Waals surface area contributed by atoms with Crippen LogP contribution in [-0.4, -0.2) is 52.4 Å². The Kier molecular flexibility index (Phi) is 3.78. The Balaban J connectivity index is 1.86. The second-order valence-corrected chi connectivity index (χ2v) is 7.46. The second-order valence-electron chi connectivity index (χ2n) is 7.46. The molecule has 2 aromatic rings. The summed E-state index contributed by atoms with van der Waals surface area (Å²) in [6.07, 6.45) is -0.863. The molecule has 8 heteroatoms. The third kappa shape index (κ3) is 2.22. The maximum absolute atomic E-state index is 13.5. The molecular weight excluding hydrogens is 390 g/mol. The van der Waals surface area contributed by atoms with Crippen LogP contribution in [0.4, 0.5) is 0 Å². The minimum atomic E-state index is -0.954. The SMILES string of the molecule is COC(=O)[C@@H]1CO[C@@H]2c3cc(C)cc(O)c3C3=C(C(=O)c4c(O)cccc4C3=O)N21. The molecule has 0 radical (unpaired) electrons. The fraction of sp³-hybridized carbons (Fsp3) is 0.227. The number of carbonyl (C=O) groups excluding carboxylic acids is 3. The number of phenolic OH excluding ortho intramolecular Hbond substituents is 2. The van der Waals surface area contributed by atoms with Gasteiger partial charge in [0.25, 0.3) is 0 Å². The van der Waals surface area contributed by atoms with E-state index in [1.165, 1.54) is 36.3 Å². The standard InChI is InChI=1S/C22H17NO7/c1-9-6-11-15(14(25)7-9)17-18(23-12(22(28)29-2)8-30-21(11)23)20(27)16-10(19(17)26)4-3-5-13(16)24/h3-7,12,21,24-25H,8H2,1-2H3/t12-,21+/m0/s1. The minimum absolute atomic E-state index is 0.0127. The molecule has 2 aliphatic heterocycles. The summed E-state index contributed by atoms with van der Waals surface area (Å²) in [4.78, 5) is 40.8. The number of fused-ring (bicyclic) bond motifs is 6. The molecule has 0 aromatic heterocycles. The molecule has 0 bridgehead atoms. The Morgan fingerprint density at radius 3 is 2.63 bits per heavy atom. The van der Waals surface area contributed by atoms with Crippen LogP contribution < -0.4 is 0 Å². The quantitative estimate of drug-likeness (QED) is 0.691. The Morgan fingerprint density at radius 2 is 1.90 bits per heavy atom. The van der Waals surface area contributed by atoms with Gasteiger partial charge in [0, 0.05) is 16.7 Å². The first-order valence-corrected chi connectivity index (χ1v) is 9.32. The molecule has 0 saturated carbocycles. The van der Waals surface area contributed by atoms with E-state index in [0.717, 1.165) is 5.56 Å². The number of rotatable bonds is 1. The fourth-order valence-electron chi connectivity index (χ4n) is 4.52. The molecule has 0 unspecified atom stereocenters. The number of methoxy groups -OCH3 is 1. The van der Waals surface area contributed by atoms with Crippen LogP contribution in [0.2, 0.25) is 0 Å². The van der Waals surface area contributed by atoms with Gasteiger partial charge in [0.1, 0.15) is 17.2 Å². The highest BCUT2D eigenvalue weighted by molar-refractivity contribution is 6.41. The van der Waals surface area contributed by atoms with Crippen LogP contribution in [0.25, 0.3) is 5.57 Å². The summed E-state index contributed by atoms with van der Waals surface area (Å²) in [5.74, 6) is -2.25. The molecule has 2 N–H and O–H groups in total. The number of phenols is 2. The van der Waals surface area contributed by atoms with Crippen LogP contribution in [0.1, 0.15) is 43.6 Å². The number of ketones is 2. The normalized spacial score (nSPS) is 21.7. The molecule has 2 aromatic carbocycles. The number of esters is 1. The first-order chi connectivity index (χ1) is 14.3. The molecule has 1 aliphatic carbocycles. The molecule has 0 spiro atoms. The van der Waals surface area contributed by atoms with Crippen molar-refractivity contribution < 1.29 is 34.1 Å². The summed E-state index contributed by atoms with van der Waals surface area (Å²) in [6.45, 7) is 1.72. The molecule has 152 valence electrons. The molecule has 0 amide bonds. The predicted molar refractivity (Wildman–Crippen MR) is 103 cm³/mol. The zero-order valence-corrected chi connectivity index (χ0v) is 16.1. The average molecular weight is 407 g/mol. The first-order valence-electron chi connectivity index (χ1n) is 9.32. The van der Waals surface area contributed by atoms with Gasteiger partial charge in [-0.3, -0.25) is 9.59 Å². The summed E-state index contributed by atoms with van der Waals surface area (Å²) in [5, 5.41) is 21.0. The van der Waals surface area contributed by atoms with Gasteiger partial charge < -0.3 is 24.6 Å². The van der Waals surface area contributed by atoms with Crippen molar-refractivity contribution in [3.63, 3.8) is 0 Å². The van der Waals surface area contributed by atoms with Crippen molar-refractivity contribution in [1.82, 2.24) is 4.90 Å². The first kappa shape index (κ1) is 18.4. The maximum Gasteiger partial charge on any atom is 0.331 e. The number of hydrogen-bond acceptors (Lipinski definition) is 8. The van der Waals surface area contributed by atoms with Gasteiger partial charge in [-0.15, -0.1) is 0 Å². The van der Waals surface area contributed by atoms with E-state index in [2.05, 4.69) is 0 Å². The summed E-state index contributed by atoms with van der Waals surface area (Å²) < 4.78 is 10.7. The van der Waals surface area contributed by atoms with E-state index in [4.69, 9.17) is 9.47 Å². The largest absolute Gasteiger partial charge is 0.507 e. The molecule has 3 aliphatic rings. The lowest BCUT2D eigenvalue weighted by Crippen LogP contribution is -2.45. The molecule has 8 nitrogen and oxygen atoms in total. The van der Waals surface area contributed by atoms with Crippen LogP contribution >= 0.6 is 0 Å². The van der Waals surface area contributed by atoms with E-state index >= 15 is 0 Å². The van der Waals surface area contributed by atoms with Gasteiger partial charge in [0.05, 0.1) is 24.9 Å². The van der Waals surface area contributed by atoms with E-state index < -0.39 is 29.8 Å². The lowest BCUT2D eigenvalue weighted by Gasteiger charge is -2.39. The smallest absolute Gasteiger partial charge is 0.331 e. The predicted octanol–water partition coefficient (Wildman–Crippen LogP) is 2.08. The number of ether oxygens (including phenoxy) is 2. The molecule has 1 saturated heterocycles. The highest BCUT2D eigenvalue weighted by Crippen LogP contribution is 2.51. The Labute approximate surface area is 170 Å². The highest BCUT2D eigenvalue weighted by Gasteiger charge is 2.52. The van der Waals surface area contributed by atoms with Gasteiger partial charge >= 0.3 is 5.97 Å². The number of benzene rings is 2. The zero-order chi connectivity index (χ0) is 21.3. The van der Waals surface area contributed by atoms with Gasteiger partial charge in [-0.2, -0.15) is 0 Å². The van der Waals surface area contributed by atoms with Crippen LogP contribution in [0, 0.1) is 6.92 Å². The summed E-state index contributed by atoms with van der Waals surface area (Å²) in [7, 11) is 1.23. The van der Waals surface area contributed by atoms with Crippen molar-refractivity contribution in [3.8, 4) is 11.5 Å². The topological polar surface area (TPSA) is 113 Å². The maximum atomic E-state index is 13.5. The summed E-state index contributed by atoms with van der Waals surface area (Å²) in [5.41, 5.74) is 1.23. The number of nitrogens with zero attached hydrogens (tertiary/aromatic N) is 1. The monoisotopic (exact) mass is 407 g/mol. The lowest BCUT2D eigenvalue weighted by molar-refractivity contribution is -0.145. The number of allylic oxidation sites excluding steroid dienone is 2. The molecule has 2 heterocycles. The van der Waals surface area contributed by atoms with Crippen molar-refractivity contribution in [1.29, 1.82) is 0 Å². The van der Waals surface area contributed by atoms with Crippen molar-refractivity contribution in [2.45, 2.75) is 19.2 Å². The zero-order valence-electron chi connectivity index (χ0n) is 16.1. The molecule has 30 heavy (non-hydrogen) atoms. The fourth-order valence-corrected chi connectivity index (χ4v) is 4.52. The Morgan fingerprint density at radius 1 is 1.13 bits per heavy atom. The number of carbonyl (C=O) groups is 3. The van der Waals surface area contributed by atoms with E-state index in [-0.39, 0.29) is 46.1 Å². The van der Waals surface area contributed by atoms with Crippen LogP contribution in [0.3, 0.4) is 0 Å². The summed E-state index contributed by atoms with van der Waals surface area (Å²) in [6, 6.07) is 6.55. The third-order valence-corrected chi connectivity index (χ3v) is 5.73. The van der Waals surface area contributed by atoms with Crippen LogP contribution in [0.15, 0.2) is 36.0 Å². The van der Waals surface area contributed by atoms with E-state index in [1.54, 1.807) is 13.0 Å². The van der Waals surface area contributed by atoms with Crippen LogP contribution in [0.5, 0.6) is 11.5 Å². The summed E-state index contributed by atoms with van der Waals surface area (Å²) >= 11 is 0. The lowest BCUT2D eigenvalue weighted by atomic mass is 9.78. The molecule has 5 rings (SSSR count). The minimum Gasteiger partial charge on any atom is -0.507 e. The van der Waals surface area contributed by atoms with Crippen LogP contribution in [-0.2, 0) is 14.3 Å². The van der Waals surface area contributed by atoms with E-state index in [9.17, 15) is 24.6 Å². The van der Waals surface area contributed by atoms with Crippen molar-refractivity contribution in [2.24, 2.45) is 0 Å². The molecule has 2 atom stereocenters. The number of hydrogen-bond donors (Lipinski definition) is 2. The van der Waals surface area contributed by atoms with Gasteiger partial charge in [0.2, 0.25) is 5.78 Å². The molecular formula is C22H17NO7. The number of aromatic hydroxyl groups is 2. The van der Waals surface area contributed by atoms with E-state index in [0.29, 0.717) is 5.56 Å². The van der Waals surface area contributed by atoms with Gasteiger partial charge in [-0.25, -0.2) is 4.79 Å². The number of aryl methyl sites for hydroxylation is 1. The van der Waals surface area contributed by atoms with E-state index in [1.807, 2.05) is 0 Å². The molecule has 1 fully saturated rings. The third-order valence-electron chi connectivity index (χ3n) is 5.73. The van der Waals surface area contributed by atoms with Gasteiger partial charge in [-0.1, -0.05) is 18.2 Å². The Bertz CT molecular complexity index is 1200. The second kappa shape index (κ2) is 6.17. The Hall–Kier alpha value is -3.65. The van der Waals surface area contributed by atoms with Crippen molar-refractivity contribution >= 4 is 23.1 Å². The highest BCUT2D eigenvalue weighted by atomic mass is 16.5. The van der Waals surface area contributed by atoms with Gasteiger partial charge in [-0.05, 0) is 24.6 Å².